The Balaban J connectivity index is 0.000000361. The van der Waals surface area contributed by atoms with Crippen LogP contribution in [0.3, 0.4) is 0 Å². The Labute approximate surface area is 889 Å². The molecule has 4 unspecified atom stereocenters. The number of aryl methyl sites for hydroxylation is 5. The number of ether oxygens (including phenoxy) is 4. The summed E-state index contributed by atoms with van der Waals surface area (Å²) in [4.78, 5) is 130. The molecule has 1 aliphatic heterocycles. The number of carbonyl (C=O) groups excluding carboxylic acids is 10. The van der Waals surface area contributed by atoms with Gasteiger partial charge in [0.25, 0.3) is 11.8 Å². The van der Waals surface area contributed by atoms with Gasteiger partial charge in [0.15, 0.2) is 58.6 Å². The van der Waals surface area contributed by atoms with E-state index in [0.29, 0.717) is 65.9 Å². The second-order valence-electron chi connectivity index (χ2n) is 41.4. The monoisotopic (exact) mass is 2160 g/mol. The van der Waals surface area contributed by atoms with Crippen molar-refractivity contribution in [3.8, 4) is 17.2 Å². The molecule has 30 nitrogen and oxygen atoms in total. The van der Waals surface area contributed by atoms with Crippen LogP contribution in [0.25, 0.3) is 5.65 Å². The van der Waals surface area contributed by atoms with Crippen LogP contribution in [0.15, 0.2) is 97.1 Å². The Hall–Kier alpha value is -9.80. The lowest BCUT2D eigenvalue weighted by molar-refractivity contribution is -0.153. The standard InChI is InChI=1S/C38H56N2O9S.C35H54ClN3O7S.C19H33ClN4O2S.C19H22ClNO2/c1-8-9-10-11-12-13-14-15-16-17-24-50(45,46)26-27(2)35(42)39-29-20-23-32(47-6)31(25-29)40-36(43)33(34(41)38(3,4)5)49-30-21-18-28(19-22-30)37(44)48-7;1-8-9-10-11-12-13-14-15-16-17-20-47(45,46)23-24(2)31(42)37-25-18-19-26(36)27(21-25)38-32(43)29(30(41)34(3,4)5)39-28(40)22-35(6,7)33(39)44;1-3-4-5-6-7-8-9-10-11-12-14-27(25,26)15-13-17-21-22-19-18(20)16(2)23-24(17)19;1-13-6-9-18(15(3)11-13)23-10-4-5-19(22)21-16-7-8-17(20)14(2)12-16/h18-23,25,27,33H,8-17,24,26H2,1-7H3,(H,39,42)(H,40,43);18-19,21,24,29H,8-17,20,22-23H2,1-7H3,(H,37,42)(H,38,43);23H,3-15H2,1-2H3;6-9,11-12H,4-5,10H2,1-3H3,(H,21,22). The van der Waals surface area contributed by atoms with E-state index in [1.165, 1.54) is 203 Å². The second-order valence-corrected chi connectivity index (χ2v) is 49.3. The quantitative estimate of drug-likeness (QED) is 0.00892. The Morgan fingerprint density at radius 3 is 1.37 bits per heavy atom. The summed E-state index contributed by atoms with van der Waals surface area (Å²) in [7, 11) is -7.27. The molecule has 0 spiro atoms. The van der Waals surface area contributed by atoms with Crippen LogP contribution < -0.4 is 40.8 Å². The number of amides is 7. The van der Waals surface area contributed by atoms with E-state index in [9.17, 15) is 73.2 Å². The number of sulfone groups is 3. The predicted octanol–water partition coefficient (Wildman–Crippen LogP) is 24.3. The number of benzene rings is 5. The first-order valence-corrected chi connectivity index (χ1v) is 58.9. The first-order valence-electron chi connectivity index (χ1n) is 52.3. The molecule has 7 amide bonds. The molecule has 0 saturated carbocycles. The van der Waals surface area contributed by atoms with Crippen molar-refractivity contribution in [3.63, 3.8) is 0 Å². The molecule has 0 aliphatic carbocycles. The van der Waals surface area contributed by atoms with E-state index < -0.39 is 123 Å². The Morgan fingerprint density at radius 1 is 0.476 bits per heavy atom. The average molecular weight is 2160 g/mol. The van der Waals surface area contributed by atoms with Crippen LogP contribution in [0, 0.1) is 55.8 Å². The van der Waals surface area contributed by atoms with Gasteiger partial charge < -0.3 is 45.5 Å². The van der Waals surface area contributed by atoms with E-state index >= 15 is 0 Å². The number of carbonyl (C=O) groups is 10. The lowest BCUT2D eigenvalue weighted by Gasteiger charge is -2.30. The third-order valence-electron chi connectivity index (χ3n) is 25.2. The van der Waals surface area contributed by atoms with Gasteiger partial charge in [-0.25, -0.2) is 34.6 Å². The number of Topliss-reactive ketones (excluding diaryl/α,β-unsaturated/α-hetero) is 2. The summed E-state index contributed by atoms with van der Waals surface area (Å²) in [5.41, 5.74) is 3.34. The fraction of sp³-hybridized carbons (Fsp3) is 0.604. The first kappa shape index (κ1) is 128. The number of fused-ring (bicyclic) bond motifs is 1. The lowest BCUT2D eigenvalue weighted by atomic mass is 9.85. The van der Waals surface area contributed by atoms with Crippen molar-refractivity contribution in [2.75, 3.05) is 81.9 Å². The van der Waals surface area contributed by atoms with Crippen LogP contribution in [0.4, 0.5) is 28.4 Å². The second kappa shape index (κ2) is 64.0. The van der Waals surface area contributed by atoms with Gasteiger partial charge in [0.05, 0.1) is 88.4 Å². The molecule has 1 saturated heterocycles. The molecule has 147 heavy (non-hydrogen) atoms. The van der Waals surface area contributed by atoms with Crippen molar-refractivity contribution in [2.45, 2.75) is 348 Å². The molecule has 36 heteroatoms. The van der Waals surface area contributed by atoms with Crippen LogP contribution in [0.2, 0.25) is 15.1 Å². The normalized spacial score (nSPS) is 13.4. The number of unbranched alkanes of at least 4 members (excludes halogenated alkanes) is 27. The predicted molar refractivity (Wildman–Crippen MR) is 590 cm³/mol. The summed E-state index contributed by atoms with van der Waals surface area (Å²) in [6.45, 7) is 31.0. The number of esters is 1. The number of hydrogen-bond acceptors (Lipinski definition) is 22. The highest BCUT2D eigenvalue weighted by atomic mass is 35.5. The first-order chi connectivity index (χ1) is 69.3. The van der Waals surface area contributed by atoms with Gasteiger partial charge in [0.1, 0.15) is 22.3 Å². The van der Waals surface area contributed by atoms with E-state index in [-0.39, 0.29) is 86.0 Å². The minimum absolute atomic E-state index is 0.0176. The molecule has 6 N–H and O–H groups in total. The van der Waals surface area contributed by atoms with Gasteiger partial charge in [-0.05, 0) is 149 Å². The number of halogens is 3. The van der Waals surface area contributed by atoms with E-state index in [2.05, 4.69) is 75.6 Å². The van der Waals surface area contributed by atoms with Gasteiger partial charge >= 0.3 is 5.97 Å². The molecule has 1 aliphatic rings. The van der Waals surface area contributed by atoms with Crippen molar-refractivity contribution in [2.24, 2.45) is 28.1 Å². The highest BCUT2D eigenvalue weighted by Crippen LogP contribution is 2.38. The Kier molecular flexibility index (Phi) is 55.6. The number of aromatic nitrogens is 4. The number of rotatable bonds is 61. The molecule has 5 aromatic carbocycles. The van der Waals surface area contributed by atoms with Crippen molar-refractivity contribution < 1.29 is 92.1 Å². The summed E-state index contributed by atoms with van der Waals surface area (Å²) < 4.78 is 98.9. The van der Waals surface area contributed by atoms with Crippen molar-refractivity contribution in [3.05, 3.63) is 146 Å². The average Bonchev–Trinajstić information content (AvgIpc) is 1.62. The van der Waals surface area contributed by atoms with Crippen LogP contribution >= 0.6 is 34.8 Å². The number of nitrogens with one attached hydrogen (secondary N) is 6. The highest BCUT2D eigenvalue weighted by Gasteiger charge is 2.53. The van der Waals surface area contributed by atoms with Crippen LogP contribution in [0.1, 0.15) is 340 Å². The summed E-state index contributed by atoms with van der Waals surface area (Å²) in [5.74, 6) is -5.48. The van der Waals surface area contributed by atoms with Crippen molar-refractivity contribution >= 4 is 157 Å². The molecular formula is C111H165Cl3N10O20S3. The number of hydrogen-bond donors (Lipinski definition) is 6. The number of methoxy groups -OCH3 is 2. The largest absolute Gasteiger partial charge is 0.495 e. The number of imide groups is 1. The zero-order valence-corrected chi connectivity index (χ0v) is 95.1. The minimum atomic E-state index is -3.44. The van der Waals surface area contributed by atoms with Crippen LogP contribution in [0.5, 0.6) is 17.2 Å². The van der Waals surface area contributed by atoms with Gasteiger partial charge in [-0.1, -0.05) is 316 Å². The van der Waals surface area contributed by atoms with Gasteiger partial charge in [0.2, 0.25) is 35.6 Å². The number of likely N-dealkylation sites (tertiary alicyclic amines) is 1. The molecule has 1 fully saturated rings. The van der Waals surface area contributed by atoms with E-state index in [1.54, 1.807) is 85.0 Å². The van der Waals surface area contributed by atoms with Gasteiger partial charge in [-0.3, -0.25) is 53.1 Å². The number of anilines is 5. The molecule has 8 rings (SSSR count). The number of ketones is 2. The fourth-order valence-corrected chi connectivity index (χ4v) is 21.6. The maximum atomic E-state index is 13.6. The number of H-pyrrole nitrogens is 1. The summed E-state index contributed by atoms with van der Waals surface area (Å²) in [6, 6.07) is 24.5. The van der Waals surface area contributed by atoms with Gasteiger partial charge in [-0.2, -0.15) is 0 Å². The topological polar surface area (TPSA) is 419 Å². The van der Waals surface area contributed by atoms with Crippen LogP contribution in [-0.4, -0.2) is 176 Å². The minimum Gasteiger partial charge on any atom is -0.495 e. The number of nitrogens with zero attached hydrogens (tertiary/aromatic N) is 4. The molecule has 0 radical (unpaired) electrons. The lowest BCUT2D eigenvalue weighted by Crippen LogP contribution is -2.55. The summed E-state index contributed by atoms with van der Waals surface area (Å²) in [5, 5.41) is 26.0. The third-order valence-corrected chi connectivity index (χ3v) is 32.0. The SMILES string of the molecule is CCCCCCCCCCCCS(=O)(=O)CC(C)C(=O)Nc1ccc(Cl)c(NC(=O)C(C(=O)C(C)(C)C)N2C(=O)CC(C)(C)C2=O)c1.CCCCCCCCCCCCS(=O)(=O)CC(C)C(=O)Nc1ccc(OC)c(NC(=O)C(Oc2ccc(C(=O)OC)cc2)C(=O)C(C)(C)C)c1.CCCCCCCCCCCCS(=O)(=O)CCc1nnc2c(Cl)c(C)[nH]n12.Cc1ccc(OCCCC(=O)Nc2ccc(Cl)c(C)c2)c(C)c1. The van der Waals surface area contributed by atoms with Gasteiger partial charge in [0, 0.05) is 64.0 Å². The molecule has 2 aromatic heterocycles. The molecular weight excluding hydrogens is 2000 g/mol. The molecule has 0 bridgehead atoms. The highest BCUT2D eigenvalue weighted by molar-refractivity contribution is 7.91. The molecule has 7 aromatic rings. The van der Waals surface area contributed by atoms with Gasteiger partial charge in [-0.15, -0.1) is 10.2 Å². The van der Waals surface area contributed by atoms with E-state index in [0.717, 1.165) is 90.9 Å². The maximum Gasteiger partial charge on any atom is 0.337 e. The van der Waals surface area contributed by atoms with Crippen LogP contribution in [-0.2, 0) is 83.8 Å². The smallest absolute Gasteiger partial charge is 0.337 e. The maximum absolute atomic E-state index is 13.6. The fourth-order valence-electron chi connectivity index (χ4n) is 16.4. The zero-order chi connectivity index (χ0) is 109. The van der Waals surface area contributed by atoms with E-state index in [1.807, 2.05) is 39.0 Å². The zero-order valence-electron chi connectivity index (χ0n) is 90.4. The summed E-state index contributed by atoms with van der Waals surface area (Å²) in [6.07, 6.45) is 33.7. The molecule has 3 heterocycles. The Bertz CT molecular complexity index is 5780. The number of aromatic amines is 1. The molecule has 818 valence electrons. The Morgan fingerprint density at radius 2 is 0.918 bits per heavy atom. The summed E-state index contributed by atoms with van der Waals surface area (Å²) >= 11 is 18.4. The third kappa shape index (κ3) is 46.3. The van der Waals surface area contributed by atoms with Crippen molar-refractivity contribution in [1.82, 2.24) is 24.7 Å². The van der Waals surface area contributed by atoms with E-state index in [4.69, 9.17) is 53.8 Å². The van der Waals surface area contributed by atoms with Crippen molar-refractivity contribution in [1.29, 1.82) is 0 Å². The molecule has 4 atom stereocenters.